The van der Waals surface area contributed by atoms with Crippen LogP contribution >= 0.6 is 11.3 Å². The van der Waals surface area contributed by atoms with Crippen molar-refractivity contribution in [3.05, 3.63) is 40.2 Å². The van der Waals surface area contributed by atoms with Gasteiger partial charge in [-0.05, 0) is 24.6 Å². The summed E-state index contributed by atoms with van der Waals surface area (Å²) in [6.45, 7) is 3.02. The molecule has 0 saturated heterocycles. The van der Waals surface area contributed by atoms with Gasteiger partial charge in [-0.2, -0.15) is 0 Å². The van der Waals surface area contributed by atoms with Gasteiger partial charge in [0.1, 0.15) is 10.7 Å². The zero-order chi connectivity index (χ0) is 14.9. The molecule has 5 nitrogen and oxygen atoms in total. The van der Waals surface area contributed by atoms with Crippen LogP contribution in [0.5, 0.6) is 0 Å². The third-order valence-electron chi connectivity index (χ3n) is 2.52. The number of rotatable bonds is 4. The van der Waals surface area contributed by atoms with Gasteiger partial charge in [0.15, 0.2) is 16.6 Å². The van der Waals surface area contributed by atoms with E-state index in [0.717, 1.165) is 16.9 Å². The number of carboxylic acids is 1. The standard InChI is InChI=1S/C13H11FN2O3S/c1-6-3-4-9(8(14)5-6)15-13-16-10(12(18)19)11(20-13)7(2)17/h3-5H,1-2H3,(H,15,16)(H,18,19). The third-order valence-corrected chi connectivity index (χ3v) is 3.59. The van der Waals surface area contributed by atoms with Crippen molar-refractivity contribution in [1.82, 2.24) is 4.98 Å². The molecule has 1 aromatic carbocycles. The number of hydrogen-bond donors (Lipinski definition) is 2. The lowest BCUT2D eigenvalue weighted by Crippen LogP contribution is -2.03. The summed E-state index contributed by atoms with van der Waals surface area (Å²) in [5, 5.41) is 11.8. The van der Waals surface area contributed by atoms with Crippen molar-refractivity contribution < 1.29 is 19.1 Å². The average molecular weight is 294 g/mol. The molecule has 104 valence electrons. The summed E-state index contributed by atoms with van der Waals surface area (Å²) in [6.07, 6.45) is 0. The number of hydrogen-bond acceptors (Lipinski definition) is 5. The zero-order valence-electron chi connectivity index (χ0n) is 10.7. The van der Waals surface area contributed by atoms with E-state index in [1.165, 1.54) is 19.1 Å². The van der Waals surface area contributed by atoms with E-state index >= 15 is 0 Å². The van der Waals surface area contributed by atoms with E-state index < -0.39 is 17.6 Å². The molecule has 0 bridgehead atoms. The van der Waals surface area contributed by atoms with Gasteiger partial charge < -0.3 is 10.4 Å². The number of ketones is 1. The summed E-state index contributed by atoms with van der Waals surface area (Å²) in [7, 11) is 0. The smallest absolute Gasteiger partial charge is 0.356 e. The number of carboxylic acid groups (broad SMARTS) is 1. The van der Waals surface area contributed by atoms with E-state index in [4.69, 9.17) is 5.11 Å². The Morgan fingerprint density at radius 2 is 2.10 bits per heavy atom. The summed E-state index contributed by atoms with van der Waals surface area (Å²) in [6, 6.07) is 4.59. The molecule has 0 atom stereocenters. The molecule has 0 saturated carbocycles. The van der Waals surface area contributed by atoms with Gasteiger partial charge >= 0.3 is 5.97 Å². The number of halogens is 1. The number of Topliss-reactive ketones (excluding diaryl/α,β-unsaturated/α-hetero) is 1. The highest BCUT2D eigenvalue weighted by Crippen LogP contribution is 2.28. The van der Waals surface area contributed by atoms with Crippen molar-refractivity contribution in [3.63, 3.8) is 0 Å². The lowest BCUT2D eigenvalue weighted by Gasteiger charge is -2.04. The van der Waals surface area contributed by atoms with Crippen LogP contribution in [0.1, 0.15) is 32.6 Å². The number of benzene rings is 1. The Morgan fingerprint density at radius 1 is 1.40 bits per heavy atom. The number of anilines is 2. The Labute approximate surface area is 118 Å². The monoisotopic (exact) mass is 294 g/mol. The molecule has 2 aromatic rings. The Morgan fingerprint density at radius 3 is 2.60 bits per heavy atom. The summed E-state index contributed by atoms with van der Waals surface area (Å²) >= 11 is 0.884. The van der Waals surface area contributed by atoms with Gasteiger partial charge in [-0.25, -0.2) is 14.2 Å². The number of aromatic carboxylic acids is 1. The van der Waals surface area contributed by atoms with Gasteiger partial charge in [0.05, 0.1) is 5.69 Å². The maximum Gasteiger partial charge on any atom is 0.356 e. The first-order valence-electron chi connectivity index (χ1n) is 5.66. The van der Waals surface area contributed by atoms with Crippen LogP contribution in [0.3, 0.4) is 0 Å². The predicted molar refractivity (Wildman–Crippen MR) is 73.5 cm³/mol. The molecule has 2 N–H and O–H groups in total. The Hall–Kier alpha value is -2.28. The molecule has 20 heavy (non-hydrogen) atoms. The fraction of sp³-hybridized carbons (Fsp3) is 0.154. The molecule has 0 spiro atoms. The zero-order valence-corrected chi connectivity index (χ0v) is 11.5. The molecular formula is C13H11FN2O3S. The van der Waals surface area contributed by atoms with Crippen LogP contribution in [0.25, 0.3) is 0 Å². The maximum absolute atomic E-state index is 13.7. The fourth-order valence-corrected chi connectivity index (χ4v) is 2.46. The fourth-order valence-electron chi connectivity index (χ4n) is 1.59. The maximum atomic E-state index is 13.7. The number of nitrogens with one attached hydrogen (secondary N) is 1. The molecule has 0 fully saturated rings. The lowest BCUT2D eigenvalue weighted by molar-refractivity contribution is 0.0687. The minimum atomic E-state index is -1.29. The Kier molecular flexibility index (Phi) is 3.80. The van der Waals surface area contributed by atoms with Crippen molar-refractivity contribution in [2.75, 3.05) is 5.32 Å². The van der Waals surface area contributed by atoms with Crippen molar-refractivity contribution in [3.8, 4) is 0 Å². The summed E-state index contributed by atoms with van der Waals surface area (Å²) in [5.74, 6) is -2.15. The third kappa shape index (κ3) is 2.83. The minimum absolute atomic E-state index is 0.0347. The minimum Gasteiger partial charge on any atom is -0.476 e. The molecule has 0 radical (unpaired) electrons. The molecule has 2 rings (SSSR count). The van der Waals surface area contributed by atoms with Crippen LogP contribution in [0.15, 0.2) is 18.2 Å². The second kappa shape index (κ2) is 5.38. The quantitative estimate of drug-likeness (QED) is 0.846. The van der Waals surface area contributed by atoms with Crippen LogP contribution < -0.4 is 5.32 Å². The van der Waals surface area contributed by atoms with Crippen LogP contribution in [-0.2, 0) is 0 Å². The number of aryl methyl sites for hydroxylation is 1. The van der Waals surface area contributed by atoms with E-state index in [2.05, 4.69) is 10.3 Å². The lowest BCUT2D eigenvalue weighted by atomic mass is 10.2. The van der Waals surface area contributed by atoms with Crippen molar-refractivity contribution in [2.24, 2.45) is 0 Å². The van der Waals surface area contributed by atoms with Gasteiger partial charge in [0.25, 0.3) is 0 Å². The van der Waals surface area contributed by atoms with Crippen LogP contribution in [-0.4, -0.2) is 21.8 Å². The van der Waals surface area contributed by atoms with Gasteiger partial charge in [-0.15, -0.1) is 0 Å². The normalized spacial score (nSPS) is 10.3. The topological polar surface area (TPSA) is 79.3 Å². The molecular weight excluding hydrogens is 283 g/mol. The van der Waals surface area contributed by atoms with Gasteiger partial charge in [-0.3, -0.25) is 4.79 Å². The average Bonchev–Trinajstić information content (AvgIpc) is 2.77. The van der Waals surface area contributed by atoms with Gasteiger partial charge in [0, 0.05) is 6.92 Å². The first kappa shape index (κ1) is 14.1. The molecule has 1 aromatic heterocycles. The van der Waals surface area contributed by atoms with Crippen molar-refractivity contribution >= 4 is 33.9 Å². The molecule has 0 aliphatic heterocycles. The first-order chi connectivity index (χ1) is 9.38. The molecule has 1 heterocycles. The van der Waals surface area contributed by atoms with E-state index in [1.807, 2.05) is 0 Å². The summed E-state index contributed by atoms with van der Waals surface area (Å²) in [4.78, 5) is 26.2. The van der Waals surface area contributed by atoms with E-state index in [1.54, 1.807) is 13.0 Å². The highest BCUT2D eigenvalue weighted by atomic mass is 32.1. The molecule has 7 heteroatoms. The number of carbonyl (C=O) groups is 2. The SMILES string of the molecule is CC(=O)c1sc(Nc2ccc(C)cc2F)nc1C(=O)O. The van der Waals surface area contributed by atoms with Crippen LogP contribution in [0.4, 0.5) is 15.2 Å². The van der Waals surface area contributed by atoms with Gasteiger partial charge in [-0.1, -0.05) is 17.4 Å². The molecule has 0 aliphatic carbocycles. The Bertz CT molecular complexity index is 665. The van der Waals surface area contributed by atoms with Crippen molar-refractivity contribution in [1.29, 1.82) is 0 Å². The molecule has 0 amide bonds. The van der Waals surface area contributed by atoms with Gasteiger partial charge in [0.2, 0.25) is 0 Å². The van der Waals surface area contributed by atoms with E-state index in [-0.39, 0.29) is 21.4 Å². The highest BCUT2D eigenvalue weighted by Gasteiger charge is 2.20. The Balaban J connectivity index is 2.37. The largest absolute Gasteiger partial charge is 0.476 e. The number of nitrogens with zero attached hydrogens (tertiary/aromatic N) is 1. The molecule has 0 unspecified atom stereocenters. The second-order valence-corrected chi connectivity index (χ2v) is 5.17. The number of aromatic nitrogens is 1. The molecule has 0 aliphatic rings. The van der Waals surface area contributed by atoms with Crippen molar-refractivity contribution in [2.45, 2.75) is 13.8 Å². The number of carbonyl (C=O) groups excluding carboxylic acids is 1. The van der Waals surface area contributed by atoms with Crippen LogP contribution in [0.2, 0.25) is 0 Å². The summed E-state index contributed by atoms with van der Waals surface area (Å²) < 4.78 is 13.7. The van der Waals surface area contributed by atoms with E-state index in [9.17, 15) is 14.0 Å². The second-order valence-electron chi connectivity index (χ2n) is 4.17. The highest BCUT2D eigenvalue weighted by molar-refractivity contribution is 7.17. The predicted octanol–water partition coefficient (Wildman–Crippen LogP) is 3.24. The number of thiazole rings is 1. The first-order valence-corrected chi connectivity index (χ1v) is 6.48. The van der Waals surface area contributed by atoms with E-state index in [0.29, 0.717) is 0 Å². The summed E-state index contributed by atoms with van der Waals surface area (Å²) in [5.41, 5.74) is 0.622. The van der Waals surface area contributed by atoms with Crippen LogP contribution in [0, 0.1) is 12.7 Å².